The highest BCUT2D eigenvalue weighted by atomic mass is 15.2. The molecule has 1 spiro atoms. The zero-order chi connectivity index (χ0) is 11.6. The monoisotopic (exact) mass is 226 g/mol. The first-order valence-electron chi connectivity index (χ1n) is 5.93. The van der Waals surface area contributed by atoms with Crippen LogP contribution in [0, 0.1) is 14.1 Å². The molecule has 17 heavy (non-hydrogen) atoms. The smallest absolute Gasteiger partial charge is 0.0510 e. The van der Waals surface area contributed by atoms with Gasteiger partial charge in [-0.2, -0.15) is 0 Å². The fourth-order valence-electron chi connectivity index (χ4n) is 2.96. The summed E-state index contributed by atoms with van der Waals surface area (Å²) in [5.41, 5.74) is 4.78. The minimum atomic E-state index is 0.304. The summed E-state index contributed by atoms with van der Waals surface area (Å²) in [6.07, 6.45) is 7.03. The normalized spacial score (nSPS) is 21.9. The third-order valence-corrected chi connectivity index (χ3v) is 4.24. The molecule has 2 aromatic heterocycles. The summed E-state index contributed by atoms with van der Waals surface area (Å²) < 4.78 is 1.92. The van der Waals surface area contributed by atoms with Crippen molar-refractivity contribution < 1.29 is 0 Å². The highest BCUT2D eigenvalue weighted by molar-refractivity contribution is 5.78. The van der Waals surface area contributed by atoms with Crippen LogP contribution in [-0.2, 0) is 13.0 Å². The quantitative estimate of drug-likeness (QED) is 0.642. The van der Waals surface area contributed by atoms with Gasteiger partial charge in [-0.25, -0.2) is 0 Å². The molecule has 0 N–H and O–H groups in total. The molecule has 2 aliphatic rings. The highest BCUT2D eigenvalue weighted by Gasteiger charge is 2.45. The van der Waals surface area contributed by atoms with Crippen molar-refractivity contribution in [3.8, 4) is 0 Å². The van der Waals surface area contributed by atoms with E-state index in [2.05, 4.69) is 29.0 Å². The first-order chi connectivity index (χ1) is 8.21. The molecule has 1 aliphatic heterocycles. The summed E-state index contributed by atoms with van der Waals surface area (Å²) in [7, 11) is 8.26. The van der Waals surface area contributed by atoms with E-state index in [9.17, 15) is 0 Å². The number of fused-ring (bicyclic) bond motifs is 3. The lowest BCUT2D eigenvalue weighted by Gasteiger charge is -2.42. The maximum atomic E-state index is 4.47. The Morgan fingerprint density at radius 2 is 1.94 bits per heavy atom. The molecule has 1 fully saturated rings. The third-order valence-electron chi connectivity index (χ3n) is 4.24. The second kappa shape index (κ2) is 2.82. The van der Waals surface area contributed by atoms with Gasteiger partial charge in [0, 0.05) is 17.9 Å². The van der Waals surface area contributed by atoms with E-state index < -0.39 is 0 Å². The molecule has 1 aliphatic carbocycles. The Morgan fingerprint density at radius 3 is 2.71 bits per heavy atom. The summed E-state index contributed by atoms with van der Waals surface area (Å²) in [4.78, 5) is 11.1. The second-order valence-corrected chi connectivity index (χ2v) is 5.18. The predicted octanol–water partition coefficient (Wildman–Crippen LogP) is 1.75. The van der Waals surface area contributed by atoms with Crippen LogP contribution in [0.25, 0.3) is 11.2 Å². The molecule has 2 aromatic rings. The molecule has 3 heterocycles. The molecular weight excluding hydrogens is 212 g/mol. The van der Waals surface area contributed by atoms with Gasteiger partial charge in [0.05, 0.1) is 5.65 Å². The van der Waals surface area contributed by atoms with E-state index in [0.717, 1.165) is 24.1 Å². The number of aromatic nitrogens is 3. The Bertz CT molecular complexity index is 609. The second-order valence-electron chi connectivity index (χ2n) is 5.18. The fraction of sp³-hybridized carbons (Fsp3) is 0.385. The zero-order valence-corrected chi connectivity index (χ0v) is 9.69. The molecule has 4 nitrogen and oxygen atoms in total. The van der Waals surface area contributed by atoms with Crippen molar-refractivity contribution in [2.45, 2.75) is 31.3 Å². The van der Waals surface area contributed by atoms with Gasteiger partial charge in [-0.15, -0.1) is 7.05 Å². The summed E-state index contributed by atoms with van der Waals surface area (Å²) in [6, 6.07) is 0. The highest BCUT2D eigenvalue weighted by Crippen LogP contribution is 2.49. The molecule has 0 atom stereocenters. The van der Waals surface area contributed by atoms with Crippen LogP contribution in [0.4, 0.5) is 0 Å². The summed E-state index contributed by atoms with van der Waals surface area (Å²) >= 11 is 0. The van der Waals surface area contributed by atoms with E-state index in [1.54, 1.807) is 12.4 Å². The molecule has 88 valence electrons. The topological polar surface area (TPSA) is 34.0 Å². The van der Waals surface area contributed by atoms with Crippen LogP contribution in [0.1, 0.15) is 24.1 Å². The Labute approximate surface area is 100 Å². The number of hydrogen-bond acceptors (Lipinski definition) is 3. The maximum Gasteiger partial charge on any atom is 0.0510 e. The van der Waals surface area contributed by atoms with Gasteiger partial charge < -0.3 is 9.47 Å². The van der Waals surface area contributed by atoms with Crippen LogP contribution in [0.5, 0.6) is 0 Å². The fourth-order valence-corrected chi connectivity index (χ4v) is 2.96. The van der Waals surface area contributed by atoms with Crippen molar-refractivity contribution in [2.75, 3.05) is 0 Å². The van der Waals surface area contributed by atoms with Crippen molar-refractivity contribution >= 4 is 11.2 Å². The average Bonchev–Trinajstić information content (AvgIpc) is 3.07. The van der Waals surface area contributed by atoms with Gasteiger partial charge in [0.2, 0.25) is 0 Å². The minimum absolute atomic E-state index is 0.304. The number of hydrogen-bond donors (Lipinski definition) is 0. The molecule has 1 saturated carbocycles. The lowest BCUT2D eigenvalue weighted by atomic mass is 9.97. The Kier molecular flexibility index (Phi) is 1.57. The van der Waals surface area contributed by atoms with Crippen LogP contribution in [-0.4, -0.2) is 25.0 Å². The van der Waals surface area contributed by atoms with Crippen LogP contribution in [0.3, 0.4) is 0 Å². The van der Waals surface area contributed by atoms with Gasteiger partial charge in [-0.1, -0.05) is 11.3 Å². The lowest BCUT2D eigenvalue weighted by Crippen LogP contribution is -2.38. The van der Waals surface area contributed by atoms with Crippen molar-refractivity contribution in [1.82, 2.24) is 19.4 Å². The molecule has 0 radical (unpaired) electrons. The summed E-state index contributed by atoms with van der Waals surface area (Å²) in [5.74, 6) is 0. The van der Waals surface area contributed by atoms with E-state index in [0.29, 0.717) is 5.54 Å². The van der Waals surface area contributed by atoms with Crippen LogP contribution >= 0.6 is 0 Å². The van der Waals surface area contributed by atoms with Gasteiger partial charge in [0.1, 0.15) is 0 Å². The molecule has 4 rings (SSSR count). The largest absolute Gasteiger partial charge is 0.467 e. The van der Waals surface area contributed by atoms with Gasteiger partial charge in [0.15, 0.2) is 0 Å². The third kappa shape index (κ3) is 1.08. The van der Waals surface area contributed by atoms with Crippen molar-refractivity contribution in [2.24, 2.45) is 0 Å². The Morgan fingerprint density at radius 1 is 1.18 bits per heavy atom. The van der Waals surface area contributed by atoms with E-state index >= 15 is 0 Å². The van der Waals surface area contributed by atoms with E-state index in [-0.39, 0.29) is 0 Å². The van der Waals surface area contributed by atoms with Crippen molar-refractivity contribution in [3.63, 3.8) is 0 Å². The molecule has 0 amide bonds. The first-order valence-corrected chi connectivity index (χ1v) is 5.93. The van der Waals surface area contributed by atoms with Gasteiger partial charge >= 0.3 is 0 Å². The summed E-state index contributed by atoms with van der Waals surface area (Å²) in [5, 5.41) is 0. The van der Waals surface area contributed by atoms with E-state index in [1.165, 1.54) is 24.1 Å². The molecular formula is C13H14N4-2. The van der Waals surface area contributed by atoms with Crippen molar-refractivity contribution in [3.05, 3.63) is 37.7 Å². The maximum absolute atomic E-state index is 4.47. The van der Waals surface area contributed by atoms with Crippen LogP contribution in [0.2, 0.25) is 0 Å². The Hall–Kier alpha value is -1.55. The Balaban J connectivity index is 2.00. The van der Waals surface area contributed by atoms with Gasteiger partial charge in [-0.05, 0) is 31.3 Å². The standard InChI is InChI=1S/C13H14N4/c1-16-8-10-9(7-13(16)3-4-13)11-12(17(10)2)15-6-5-14-11/h5-6H,1-4,7-8H2/q-2. The predicted molar refractivity (Wildman–Crippen MR) is 64.9 cm³/mol. The van der Waals surface area contributed by atoms with E-state index in [1.807, 2.05) is 4.57 Å². The number of rotatable bonds is 0. The SMILES string of the molecule is [CH2-]N1Cc2c(c3nccnc3n2[CH2-])CC12CC2. The lowest BCUT2D eigenvalue weighted by molar-refractivity contribution is 0.218. The molecule has 0 aromatic carbocycles. The van der Waals surface area contributed by atoms with Crippen LogP contribution in [0.15, 0.2) is 12.4 Å². The zero-order valence-electron chi connectivity index (χ0n) is 9.69. The van der Waals surface area contributed by atoms with Gasteiger partial charge in [0.25, 0.3) is 0 Å². The van der Waals surface area contributed by atoms with E-state index in [4.69, 9.17) is 0 Å². The molecule has 0 saturated heterocycles. The summed E-state index contributed by atoms with van der Waals surface area (Å²) in [6.45, 7) is 0.858. The van der Waals surface area contributed by atoms with Crippen LogP contribution < -0.4 is 0 Å². The molecule has 4 heteroatoms. The van der Waals surface area contributed by atoms with Crippen molar-refractivity contribution in [1.29, 1.82) is 0 Å². The number of nitrogens with zero attached hydrogens (tertiary/aromatic N) is 4. The first kappa shape index (κ1) is 9.48. The molecule has 0 unspecified atom stereocenters. The minimum Gasteiger partial charge on any atom is -0.467 e. The molecule has 0 bridgehead atoms. The van der Waals surface area contributed by atoms with Gasteiger partial charge in [-0.3, -0.25) is 17.0 Å². The average molecular weight is 226 g/mol.